The van der Waals surface area contributed by atoms with E-state index in [0.717, 1.165) is 8.61 Å². The molecule has 0 radical (unpaired) electrons. The lowest BCUT2D eigenvalue weighted by atomic mass is 10.2. The van der Waals surface area contributed by atoms with Gasteiger partial charge in [0.1, 0.15) is 6.04 Å². The van der Waals surface area contributed by atoms with Gasteiger partial charge in [-0.3, -0.25) is 4.79 Å². The molecule has 1 aliphatic heterocycles. The average molecular weight is 546 g/mol. The van der Waals surface area contributed by atoms with Crippen LogP contribution in [0.3, 0.4) is 0 Å². The zero-order valence-electron chi connectivity index (χ0n) is 20.3. The molecule has 1 fully saturated rings. The fourth-order valence-electron chi connectivity index (χ4n) is 4.07. The lowest BCUT2D eigenvalue weighted by Gasteiger charge is -2.38. The maximum absolute atomic E-state index is 13.5. The lowest BCUT2D eigenvalue weighted by Crippen LogP contribution is -2.60. The summed E-state index contributed by atoms with van der Waals surface area (Å²) in [5, 5.41) is 2.70. The van der Waals surface area contributed by atoms with Gasteiger partial charge in [-0.1, -0.05) is 36.4 Å². The minimum absolute atomic E-state index is 0.0123. The third-order valence-corrected chi connectivity index (χ3v) is 9.78. The summed E-state index contributed by atoms with van der Waals surface area (Å²) in [6, 6.07) is 18.9. The lowest BCUT2D eigenvalue weighted by molar-refractivity contribution is -0.120. The summed E-state index contributed by atoms with van der Waals surface area (Å²) in [6.07, 6.45) is 0. The number of piperazine rings is 1. The molecule has 0 aliphatic carbocycles. The Kier molecular flexibility index (Phi) is 7.83. The minimum atomic E-state index is -4.10. The summed E-state index contributed by atoms with van der Waals surface area (Å²) in [6.45, 7) is -0.668. The molecular formula is C25H27N3O7S2. The Morgan fingerprint density at radius 3 is 1.92 bits per heavy atom. The number of methoxy groups -OCH3 is 2. The van der Waals surface area contributed by atoms with E-state index in [1.807, 2.05) is 0 Å². The van der Waals surface area contributed by atoms with Gasteiger partial charge in [-0.15, -0.1) is 0 Å². The molecule has 0 saturated carbocycles. The predicted octanol–water partition coefficient (Wildman–Crippen LogP) is 2.41. The van der Waals surface area contributed by atoms with Crippen molar-refractivity contribution in [1.82, 2.24) is 8.61 Å². The summed E-state index contributed by atoms with van der Waals surface area (Å²) in [5.41, 5.74) is 0.336. The van der Waals surface area contributed by atoms with Gasteiger partial charge >= 0.3 is 0 Å². The largest absolute Gasteiger partial charge is 0.493 e. The first-order valence-electron chi connectivity index (χ1n) is 11.3. The number of rotatable bonds is 8. The second-order valence-corrected chi connectivity index (χ2v) is 12.0. The number of nitrogens with zero attached hydrogens (tertiary/aromatic N) is 2. The molecule has 10 nitrogen and oxygen atoms in total. The van der Waals surface area contributed by atoms with Gasteiger partial charge in [-0.05, 0) is 36.4 Å². The number of nitrogens with one attached hydrogen (secondary N) is 1. The Hall–Kier alpha value is -3.45. The van der Waals surface area contributed by atoms with Crippen molar-refractivity contribution in [2.24, 2.45) is 0 Å². The maximum atomic E-state index is 13.5. The molecule has 0 aromatic heterocycles. The minimum Gasteiger partial charge on any atom is -0.493 e. The highest BCUT2D eigenvalue weighted by molar-refractivity contribution is 7.89. The number of amides is 1. The van der Waals surface area contributed by atoms with Crippen molar-refractivity contribution in [2.45, 2.75) is 15.8 Å². The van der Waals surface area contributed by atoms with Crippen molar-refractivity contribution in [1.29, 1.82) is 0 Å². The van der Waals surface area contributed by atoms with Crippen molar-refractivity contribution in [3.8, 4) is 11.5 Å². The number of anilines is 1. The van der Waals surface area contributed by atoms with Gasteiger partial charge < -0.3 is 14.8 Å². The van der Waals surface area contributed by atoms with E-state index in [1.165, 1.54) is 44.6 Å². The number of hydrogen-bond acceptors (Lipinski definition) is 7. The zero-order valence-corrected chi connectivity index (χ0v) is 21.9. The maximum Gasteiger partial charge on any atom is 0.244 e. The molecule has 12 heteroatoms. The van der Waals surface area contributed by atoms with Crippen LogP contribution in [0.4, 0.5) is 5.69 Å². The van der Waals surface area contributed by atoms with Crippen LogP contribution < -0.4 is 14.8 Å². The fourth-order valence-corrected chi connectivity index (χ4v) is 7.12. The Balaban J connectivity index is 1.69. The van der Waals surface area contributed by atoms with Crippen molar-refractivity contribution in [3.63, 3.8) is 0 Å². The van der Waals surface area contributed by atoms with Gasteiger partial charge in [0.15, 0.2) is 11.5 Å². The highest BCUT2D eigenvalue weighted by Crippen LogP contribution is 2.31. The SMILES string of the molecule is COc1ccc(NC(=O)[C@H]2CN(S(=O)(=O)c3ccccc3)CCN2S(=O)(=O)c2ccccc2)cc1OC. The second kappa shape index (κ2) is 10.9. The van der Waals surface area contributed by atoms with Gasteiger partial charge in [0, 0.05) is 31.4 Å². The Morgan fingerprint density at radius 2 is 1.35 bits per heavy atom. The standard InChI is InChI=1S/C25H27N3O7S2/c1-34-23-14-13-19(17-24(23)35-2)26-25(29)22-18-27(36(30,31)20-9-5-3-6-10-20)15-16-28(22)37(32,33)21-11-7-4-8-12-21/h3-14,17,22H,15-16,18H2,1-2H3,(H,26,29)/t22-/m1/s1. The molecule has 3 aromatic rings. The van der Waals surface area contributed by atoms with Crippen molar-refractivity contribution in [3.05, 3.63) is 78.9 Å². The van der Waals surface area contributed by atoms with Crippen LogP contribution in [0, 0.1) is 0 Å². The molecule has 1 atom stereocenters. The van der Waals surface area contributed by atoms with Gasteiger partial charge in [0.05, 0.1) is 24.0 Å². The summed E-state index contributed by atoms with van der Waals surface area (Å²) >= 11 is 0. The highest BCUT2D eigenvalue weighted by atomic mass is 32.2. The summed E-state index contributed by atoms with van der Waals surface area (Å²) < 4.78 is 66.3. The van der Waals surface area contributed by atoms with E-state index in [0.29, 0.717) is 17.2 Å². The Bertz CT molecular complexity index is 1460. The second-order valence-electron chi connectivity index (χ2n) is 8.18. The summed E-state index contributed by atoms with van der Waals surface area (Å²) in [4.78, 5) is 13.6. The first-order valence-corrected chi connectivity index (χ1v) is 14.2. The molecule has 1 N–H and O–H groups in total. The van der Waals surface area contributed by atoms with E-state index in [9.17, 15) is 21.6 Å². The molecule has 196 valence electrons. The van der Waals surface area contributed by atoms with Crippen molar-refractivity contribution < 1.29 is 31.1 Å². The molecule has 1 heterocycles. The quantitative estimate of drug-likeness (QED) is 0.461. The van der Waals surface area contributed by atoms with Crippen LogP contribution in [-0.2, 0) is 24.8 Å². The summed E-state index contributed by atoms with van der Waals surface area (Å²) in [7, 11) is -5.13. The highest BCUT2D eigenvalue weighted by Gasteiger charge is 2.43. The first-order chi connectivity index (χ1) is 17.7. The van der Waals surface area contributed by atoms with E-state index in [4.69, 9.17) is 9.47 Å². The van der Waals surface area contributed by atoms with Gasteiger partial charge in [0.25, 0.3) is 0 Å². The molecule has 0 spiro atoms. The third-order valence-electron chi connectivity index (χ3n) is 5.98. The smallest absolute Gasteiger partial charge is 0.244 e. The molecule has 0 unspecified atom stereocenters. The van der Waals surface area contributed by atoms with Crippen LogP contribution >= 0.6 is 0 Å². The molecule has 4 rings (SSSR count). The van der Waals surface area contributed by atoms with E-state index < -0.39 is 32.0 Å². The fraction of sp³-hybridized carbons (Fsp3) is 0.240. The molecule has 0 bridgehead atoms. The predicted molar refractivity (Wildman–Crippen MR) is 137 cm³/mol. The van der Waals surface area contributed by atoms with E-state index in [-0.39, 0.29) is 29.4 Å². The molecule has 37 heavy (non-hydrogen) atoms. The van der Waals surface area contributed by atoms with Crippen molar-refractivity contribution >= 4 is 31.6 Å². The monoisotopic (exact) mass is 545 g/mol. The van der Waals surface area contributed by atoms with E-state index >= 15 is 0 Å². The molecule has 1 saturated heterocycles. The van der Waals surface area contributed by atoms with Gasteiger partial charge in [-0.25, -0.2) is 16.8 Å². The van der Waals surface area contributed by atoms with Crippen LogP contribution in [0.15, 0.2) is 88.7 Å². The van der Waals surface area contributed by atoms with Crippen LogP contribution in [0.1, 0.15) is 0 Å². The summed E-state index contributed by atoms with van der Waals surface area (Å²) in [5.74, 6) is 0.136. The molecular weight excluding hydrogens is 518 g/mol. The van der Waals surface area contributed by atoms with Crippen LogP contribution in [0.5, 0.6) is 11.5 Å². The number of hydrogen-bond donors (Lipinski definition) is 1. The average Bonchev–Trinajstić information content (AvgIpc) is 2.93. The Morgan fingerprint density at radius 1 is 0.784 bits per heavy atom. The van der Waals surface area contributed by atoms with Gasteiger partial charge in [0.2, 0.25) is 26.0 Å². The van der Waals surface area contributed by atoms with Gasteiger partial charge in [-0.2, -0.15) is 8.61 Å². The normalized spacial score (nSPS) is 17.2. The third kappa shape index (κ3) is 5.47. The number of carbonyl (C=O) groups is 1. The van der Waals surface area contributed by atoms with Crippen molar-refractivity contribution in [2.75, 3.05) is 39.2 Å². The molecule has 1 amide bonds. The number of sulfonamides is 2. The number of carbonyl (C=O) groups excluding carboxylic acids is 1. The van der Waals surface area contributed by atoms with E-state index in [1.54, 1.807) is 48.5 Å². The first kappa shape index (κ1) is 26.6. The topological polar surface area (TPSA) is 122 Å². The number of benzene rings is 3. The van der Waals surface area contributed by atoms with E-state index in [2.05, 4.69) is 5.32 Å². The Labute approximate surface area is 216 Å². The van der Waals surface area contributed by atoms with Crippen LogP contribution in [-0.4, -0.2) is 71.2 Å². The van der Waals surface area contributed by atoms with Crippen LogP contribution in [0.25, 0.3) is 0 Å². The van der Waals surface area contributed by atoms with Crippen LogP contribution in [0.2, 0.25) is 0 Å². The number of ether oxygens (including phenoxy) is 2. The molecule has 3 aromatic carbocycles. The zero-order chi connectivity index (χ0) is 26.6. The molecule has 1 aliphatic rings.